The van der Waals surface area contributed by atoms with Crippen LogP contribution in [0.3, 0.4) is 0 Å². The maximum absolute atomic E-state index is 3.75. The van der Waals surface area contributed by atoms with Gasteiger partial charge in [0, 0.05) is 10.9 Å². The average Bonchev–Trinajstić information content (AvgIpc) is 2.33. The SMILES string of the molecule is C[C@@H](C1CCCC1Br)N(C)C. The summed E-state index contributed by atoms with van der Waals surface area (Å²) < 4.78 is 0. The highest BCUT2D eigenvalue weighted by Gasteiger charge is 2.30. The molecule has 1 fully saturated rings. The predicted molar refractivity (Wildman–Crippen MR) is 53.2 cm³/mol. The van der Waals surface area contributed by atoms with E-state index in [0.29, 0.717) is 0 Å². The third kappa shape index (κ3) is 2.19. The largest absolute Gasteiger partial charge is 0.306 e. The molecule has 0 aromatic heterocycles. The highest BCUT2D eigenvalue weighted by molar-refractivity contribution is 9.09. The number of rotatable bonds is 2. The van der Waals surface area contributed by atoms with Crippen molar-refractivity contribution >= 4 is 15.9 Å². The summed E-state index contributed by atoms with van der Waals surface area (Å²) in [5.74, 6) is 0.866. The molecular weight excluding hydrogens is 202 g/mol. The van der Waals surface area contributed by atoms with Gasteiger partial charge in [0.1, 0.15) is 0 Å². The van der Waals surface area contributed by atoms with Crippen LogP contribution in [0.25, 0.3) is 0 Å². The molecule has 3 atom stereocenters. The fraction of sp³-hybridized carbons (Fsp3) is 1.00. The van der Waals surface area contributed by atoms with Crippen LogP contribution in [0, 0.1) is 5.92 Å². The summed E-state index contributed by atoms with van der Waals surface area (Å²) in [5.41, 5.74) is 0. The quantitative estimate of drug-likeness (QED) is 0.646. The molecule has 0 aliphatic heterocycles. The summed E-state index contributed by atoms with van der Waals surface area (Å²) in [6, 6.07) is 0.724. The number of hydrogen-bond donors (Lipinski definition) is 0. The Labute approximate surface area is 78.3 Å². The Bertz CT molecular complexity index is 125. The van der Waals surface area contributed by atoms with E-state index in [2.05, 4.69) is 41.8 Å². The van der Waals surface area contributed by atoms with Crippen molar-refractivity contribution in [3.05, 3.63) is 0 Å². The lowest BCUT2D eigenvalue weighted by Gasteiger charge is -2.28. The molecule has 0 radical (unpaired) electrons. The van der Waals surface area contributed by atoms with Gasteiger partial charge in [-0.2, -0.15) is 0 Å². The van der Waals surface area contributed by atoms with E-state index in [9.17, 15) is 0 Å². The number of hydrogen-bond acceptors (Lipinski definition) is 1. The molecular formula is C9H18BrN. The van der Waals surface area contributed by atoms with Crippen LogP contribution in [0.4, 0.5) is 0 Å². The third-order valence-electron chi connectivity index (χ3n) is 2.92. The molecule has 1 rings (SSSR count). The van der Waals surface area contributed by atoms with Crippen molar-refractivity contribution in [2.45, 2.75) is 37.1 Å². The molecule has 0 aromatic rings. The second-order valence-electron chi connectivity index (χ2n) is 3.81. The first-order valence-electron chi connectivity index (χ1n) is 4.43. The van der Waals surface area contributed by atoms with Gasteiger partial charge in [-0.15, -0.1) is 0 Å². The van der Waals surface area contributed by atoms with Crippen molar-refractivity contribution in [2.24, 2.45) is 5.92 Å². The maximum atomic E-state index is 3.75. The Morgan fingerprint density at radius 3 is 2.36 bits per heavy atom. The Morgan fingerprint density at radius 2 is 2.00 bits per heavy atom. The van der Waals surface area contributed by atoms with Crippen molar-refractivity contribution < 1.29 is 0 Å². The Hall–Kier alpha value is 0.440. The van der Waals surface area contributed by atoms with Crippen LogP contribution in [-0.2, 0) is 0 Å². The molecule has 0 N–H and O–H groups in total. The van der Waals surface area contributed by atoms with E-state index < -0.39 is 0 Å². The van der Waals surface area contributed by atoms with Crippen LogP contribution in [0.5, 0.6) is 0 Å². The lowest BCUT2D eigenvalue weighted by atomic mass is 9.99. The summed E-state index contributed by atoms with van der Waals surface area (Å²) in [7, 11) is 4.34. The van der Waals surface area contributed by atoms with E-state index in [1.807, 2.05) is 0 Å². The Kier molecular flexibility index (Phi) is 3.38. The highest BCUT2D eigenvalue weighted by Crippen LogP contribution is 2.34. The predicted octanol–water partition coefficient (Wildman–Crippen LogP) is 2.50. The molecule has 0 bridgehead atoms. The van der Waals surface area contributed by atoms with Gasteiger partial charge >= 0.3 is 0 Å². The van der Waals surface area contributed by atoms with Crippen LogP contribution in [0.1, 0.15) is 26.2 Å². The molecule has 0 spiro atoms. The van der Waals surface area contributed by atoms with Crippen molar-refractivity contribution in [3.63, 3.8) is 0 Å². The zero-order valence-corrected chi connectivity index (χ0v) is 9.26. The Morgan fingerprint density at radius 1 is 1.36 bits per heavy atom. The standard InChI is InChI=1S/C9H18BrN/c1-7(11(2)3)8-5-4-6-9(8)10/h7-9H,4-6H2,1-3H3/t7-,8?,9?/m0/s1. The smallest absolute Gasteiger partial charge is 0.0188 e. The van der Waals surface area contributed by atoms with Crippen LogP contribution in [-0.4, -0.2) is 29.9 Å². The molecule has 1 aliphatic carbocycles. The van der Waals surface area contributed by atoms with E-state index in [1.54, 1.807) is 0 Å². The summed E-state index contributed by atoms with van der Waals surface area (Å²) in [6.45, 7) is 2.32. The van der Waals surface area contributed by atoms with Gasteiger partial charge in [0.05, 0.1) is 0 Å². The Balaban J connectivity index is 2.45. The van der Waals surface area contributed by atoms with Crippen molar-refractivity contribution in [1.82, 2.24) is 4.90 Å². The van der Waals surface area contributed by atoms with E-state index in [4.69, 9.17) is 0 Å². The molecule has 2 heteroatoms. The van der Waals surface area contributed by atoms with Crippen molar-refractivity contribution in [3.8, 4) is 0 Å². The van der Waals surface area contributed by atoms with E-state index in [1.165, 1.54) is 19.3 Å². The van der Waals surface area contributed by atoms with Gasteiger partial charge < -0.3 is 4.90 Å². The van der Waals surface area contributed by atoms with Crippen LogP contribution in [0.15, 0.2) is 0 Å². The molecule has 1 nitrogen and oxygen atoms in total. The summed E-state index contributed by atoms with van der Waals surface area (Å²) in [4.78, 5) is 3.09. The van der Waals surface area contributed by atoms with Crippen molar-refractivity contribution in [2.75, 3.05) is 14.1 Å². The number of alkyl halides is 1. The van der Waals surface area contributed by atoms with E-state index in [0.717, 1.165) is 16.8 Å². The molecule has 2 unspecified atom stereocenters. The van der Waals surface area contributed by atoms with Crippen molar-refractivity contribution in [1.29, 1.82) is 0 Å². The van der Waals surface area contributed by atoms with Gasteiger partial charge in [-0.05, 0) is 39.8 Å². The zero-order chi connectivity index (χ0) is 8.43. The lowest BCUT2D eigenvalue weighted by molar-refractivity contribution is 0.234. The summed E-state index contributed by atoms with van der Waals surface area (Å²) in [5, 5.41) is 0. The molecule has 66 valence electrons. The average molecular weight is 220 g/mol. The zero-order valence-electron chi connectivity index (χ0n) is 7.68. The molecule has 11 heavy (non-hydrogen) atoms. The van der Waals surface area contributed by atoms with Crippen LogP contribution in [0.2, 0.25) is 0 Å². The second-order valence-corrected chi connectivity index (χ2v) is 4.99. The van der Waals surface area contributed by atoms with Gasteiger partial charge in [-0.1, -0.05) is 22.4 Å². The fourth-order valence-corrected chi connectivity index (χ4v) is 2.90. The topological polar surface area (TPSA) is 3.24 Å². The van der Waals surface area contributed by atoms with Gasteiger partial charge in [0.15, 0.2) is 0 Å². The minimum absolute atomic E-state index is 0.724. The molecule has 1 aliphatic rings. The number of halogens is 1. The van der Waals surface area contributed by atoms with Gasteiger partial charge in [0.25, 0.3) is 0 Å². The number of nitrogens with zero attached hydrogens (tertiary/aromatic N) is 1. The molecule has 0 amide bonds. The maximum Gasteiger partial charge on any atom is 0.0188 e. The molecule has 0 saturated heterocycles. The molecule has 1 saturated carbocycles. The van der Waals surface area contributed by atoms with Gasteiger partial charge in [-0.25, -0.2) is 0 Å². The van der Waals surface area contributed by atoms with Crippen LogP contribution < -0.4 is 0 Å². The third-order valence-corrected chi connectivity index (χ3v) is 4.05. The fourth-order valence-electron chi connectivity index (χ4n) is 1.87. The van der Waals surface area contributed by atoms with Gasteiger partial charge in [-0.3, -0.25) is 0 Å². The van der Waals surface area contributed by atoms with Gasteiger partial charge in [0.2, 0.25) is 0 Å². The first-order valence-corrected chi connectivity index (χ1v) is 5.35. The van der Waals surface area contributed by atoms with Crippen LogP contribution >= 0.6 is 15.9 Å². The first-order chi connectivity index (χ1) is 5.13. The summed E-state index contributed by atoms with van der Waals surface area (Å²) in [6.07, 6.45) is 4.16. The lowest BCUT2D eigenvalue weighted by Crippen LogP contribution is -2.34. The minimum atomic E-state index is 0.724. The summed E-state index contributed by atoms with van der Waals surface area (Å²) >= 11 is 3.75. The monoisotopic (exact) mass is 219 g/mol. The molecule has 0 aromatic carbocycles. The second kappa shape index (κ2) is 3.90. The normalized spacial score (nSPS) is 34.6. The first kappa shape index (κ1) is 9.53. The van der Waals surface area contributed by atoms with E-state index in [-0.39, 0.29) is 0 Å². The van der Waals surface area contributed by atoms with E-state index >= 15 is 0 Å². The highest BCUT2D eigenvalue weighted by atomic mass is 79.9. The minimum Gasteiger partial charge on any atom is -0.306 e. The molecule has 0 heterocycles.